The Balaban J connectivity index is 0.00000200. The highest BCUT2D eigenvalue weighted by Crippen LogP contribution is 2.15. The summed E-state index contributed by atoms with van der Waals surface area (Å²) in [6.45, 7) is 6.12. The van der Waals surface area contributed by atoms with Crippen LogP contribution in [-0.4, -0.2) is 67.5 Å². The minimum Gasteiger partial charge on any atom is -0.339 e. The van der Waals surface area contributed by atoms with Crippen LogP contribution in [0.4, 0.5) is 0 Å². The fourth-order valence-corrected chi connectivity index (χ4v) is 3.85. The smallest absolute Gasteiger partial charge is 0.239 e. The van der Waals surface area contributed by atoms with E-state index in [1.807, 2.05) is 0 Å². The molecule has 2 aliphatic rings. The van der Waals surface area contributed by atoms with E-state index < -0.39 is 15.3 Å². The van der Waals surface area contributed by atoms with E-state index in [0.717, 1.165) is 19.4 Å². The van der Waals surface area contributed by atoms with Gasteiger partial charge in [-0.15, -0.1) is 12.4 Å². The number of rotatable bonds is 3. The molecule has 0 aromatic heterocycles. The van der Waals surface area contributed by atoms with E-state index in [1.54, 1.807) is 18.7 Å². The maximum atomic E-state index is 12.2. The van der Waals surface area contributed by atoms with Gasteiger partial charge in [0.15, 0.2) is 0 Å². The Morgan fingerprint density at radius 1 is 1.20 bits per heavy atom. The standard InChI is InChI=1S/C12H23N3O3S.ClH/c1-10(2)19(17,18)15-8-6-14(7-9-15)12(16)11-4-3-5-13-11;/h10-11,13H,3-9H2,1-2H3;1H/t11-;/m0./s1. The average Bonchev–Trinajstić information content (AvgIpc) is 2.91. The summed E-state index contributed by atoms with van der Waals surface area (Å²) in [6, 6.07) is -0.0618. The highest BCUT2D eigenvalue weighted by molar-refractivity contribution is 7.89. The lowest BCUT2D eigenvalue weighted by Gasteiger charge is -2.36. The zero-order chi connectivity index (χ0) is 14.0. The molecule has 0 radical (unpaired) electrons. The molecule has 2 saturated heterocycles. The van der Waals surface area contributed by atoms with Crippen LogP contribution in [0.5, 0.6) is 0 Å². The first-order chi connectivity index (χ1) is 8.93. The average molecular weight is 326 g/mol. The van der Waals surface area contributed by atoms with Crippen LogP contribution < -0.4 is 5.32 Å². The number of halogens is 1. The molecule has 20 heavy (non-hydrogen) atoms. The summed E-state index contributed by atoms with van der Waals surface area (Å²) < 4.78 is 25.6. The number of amides is 1. The lowest BCUT2D eigenvalue weighted by Crippen LogP contribution is -2.55. The normalized spacial score (nSPS) is 24.8. The molecule has 0 bridgehead atoms. The van der Waals surface area contributed by atoms with Gasteiger partial charge in [-0.1, -0.05) is 0 Å². The van der Waals surface area contributed by atoms with Gasteiger partial charge in [-0.3, -0.25) is 4.79 Å². The Morgan fingerprint density at radius 3 is 2.25 bits per heavy atom. The summed E-state index contributed by atoms with van der Waals surface area (Å²) in [5.41, 5.74) is 0. The number of carbonyl (C=O) groups is 1. The van der Waals surface area contributed by atoms with Crippen molar-refractivity contribution in [1.82, 2.24) is 14.5 Å². The summed E-state index contributed by atoms with van der Waals surface area (Å²) in [7, 11) is -3.19. The third-order valence-corrected chi connectivity index (χ3v) is 6.14. The SMILES string of the molecule is CC(C)S(=O)(=O)N1CCN(C(=O)[C@@H]2CCCN2)CC1.Cl. The minimum absolute atomic E-state index is 0. The quantitative estimate of drug-likeness (QED) is 0.795. The van der Waals surface area contributed by atoms with E-state index in [2.05, 4.69) is 5.32 Å². The molecule has 6 nitrogen and oxygen atoms in total. The number of hydrogen-bond donors (Lipinski definition) is 1. The molecule has 0 aromatic carbocycles. The second-order valence-electron chi connectivity index (χ2n) is 5.47. The van der Waals surface area contributed by atoms with Gasteiger partial charge in [-0.2, -0.15) is 4.31 Å². The van der Waals surface area contributed by atoms with Gasteiger partial charge in [0.1, 0.15) is 0 Å². The van der Waals surface area contributed by atoms with E-state index in [4.69, 9.17) is 0 Å². The van der Waals surface area contributed by atoms with Gasteiger partial charge < -0.3 is 10.2 Å². The summed E-state index contributed by atoms with van der Waals surface area (Å²) in [4.78, 5) is 14.0. The van der Waals surface area contributed by atoms with Gasteiger partial charge in [0, 0.05) is 26.2 Å². The Bertz CT molecular complexity index is 427. The van der Waals surface area contributed by atoms with Crippen molar-refractivity contribution in [3.63, 3.8) is 0 Å². The minimum atomic E-state index is -3.19. The van der Waals surface area contributed by atoms with Crippen molar-refractivity contribution < 1.29 is 13.2 Å². The van der Waals surface area contributed by atoms with Crippen molar-refractivity contribution in [2.24, 2.45) is 0 Å². The summed E-state index contributed by atoms with van der Waals surface area (Å²) in [6.07, 6.45) is 1.93. The first-order valence-corrected chi connectivity index (χ1v) is 8.44. The number of nitrogens with one attached hydrogen (secondary N) is 1. The summed E-state index contributed by atoms with van der Waals surface area (Å²) in [5, 5.41) is 2.79. The molecule has 0 saturated carbocycles. The van der Waals surface area contributed by atoms with Crippen LogP contribution in [-0.2, 0) is 14.8 Å². The van der Waals surface area contributed by atoms with Gasteiger partial charge in [0.05, 0.1) is 11.3 Å². The van der Waals surface area contributed by atoms with E-state index in [0.29, 0.717) is 26.2 Å². The van der Waals surface area contributed by atoms with Gasteiger partial charge in [0.2, 0.25) is 15.9 Å². The number of carbonyl (C=O) groups excluding carboxylic acids is 1. The van der Waals surface area contributed by atoms with Crippen molar-refractivity contribution in [2.45, 2.75) is 38.0 Å². The maximum Gasteiger partial charge on any atom is 0.239 e. The van der Waals surface area contributed by atoms with Crippen molar-refractivity contribution in [1.29, 1.82) is 0 Å². The van der Waals surface area contributed by atoms with E-state index in [9.17, 15) is 13.2 Å². The molecular formula is C12H24ClN3O3S. The number of nitrogens with zero attached hydrogens (tertiary/aromatic N) is 2. The van der Waals surface area contributed by atoms with E-state index in [1.165, 1.54) is 4.31 Å². The van der Waals surface area contributed by atoms with Crippen molar-refractivity contribution in [2.75, 3.05) is 32.7 Å². The number of sulfonamides is 1. The molecule has 0 unspecified atom stereocenters. The molecule has 118 valence electrons. The Labute approximate surface area is 127 Å². The van der Waals surface area contributed by atoms with Crippen LogP contribution >= 0.6 is 12.4 Å². The first kappa shape index (κ1) is 17.7. The molecule has 8 heteroatoms. The zero-order valence-electron chi connectivity index (χ0n) is 12.0. The van der Waals surface area contributed by atoms with Gasteiger partial charge in [-0.05, 0) is 33.2 Å². The van der Waals surface area contributed by atoms with Gasteiger partial charge in [-0.25, -0.2) is 8.42 Å². The predicted molar refractivity (Wildman–Crippen MR) is 80.5 cm³/mol. The number of hydrogen-bond acceptors (Lipinski definition) is 4. The lowest BCUT2D eigenvalue weighted by atomic mass is 10.2. The van der Waals surface area contributed by atoms with Crippen LogP contribution in [0, 0.1) is 0 Å². The van der Waals surface area contributed by atoms with Crippen molar-refractivity contribution in [3.05, 3.63) is 0 Å². The fraction of sp³-hybridized carbons (Fsp3) is 0.917. The molecule has 0 spiro atoms. The Hall–Kier alpha value is -0.370. The maximum absolute atomic E-state index is 12.2. The zero-order valence-corrected chi connectivity index (χ0v) is 13.7. The van der Waals surface area contributed by atoms with Crippen molar-refractivity contribution in [3.8, 4) is 0 Å². The van der Waals surface area contributed by atoms with E-state index >= 15 is 0 Å². The third kappa shape index (κ3) is 3.63. The van der Waals surface area contributed by atoms with Crippen molar-refractivity contribution >= 4 is 28.3 Å². The molecule has 2 aliphatic heterocycles. The van der Waals surface area contributed by atoms with Crippen LogP contribution in [0.15, 0.2) is 0 Å². The van der Waals surface area contributed by atoms with Crippen LogP contribution in [0.2, 0.25) is 0 Å². The third-order valence-electron chi connectivity index (χ3n) is 3.86. The second kappa shape index (κ2) is 7.06. The van der Waals surface area contributed by atoms with E-state index in [-0.39, 0.29) is 24.4 Å². The van der Waals surface area contributed by atoms with Crippen LogP contribution in [0.25, 0.3) is 0 Å². The highest BCUT2D eigenvalue weighted by atomic mass is 35.5. The molecule has 2 fully saturated rings. The highest BCUT2D eigenvalue weighted by Gasteiger charge is 2.33. The largest absolute Gasteiger partial charge is 0.339 e. The molecule has 1 amide bonds. The molecular weight excluding hydrogens is 302 g/mol. The molecule has 0 aromatic rings. The second-order valence-corrected chi connectivity index (χ2v) is 7.96. The molecule has 1 atom stereocenters. The Kier molecular flexibility index (Phi) is 6.25. The summed E-state index contributed by atoms with van der Waals surface area (Å²) in [5.74, 6) is 0.124. The molecule has 2 rings (SSSR count). The molecule has 2 heterocycles. The van der Waals surface area contributed by atoms with Crippen LogP contribution in [0.1, 0.15) is 26.7 Å². The molecule has 1 N–H and O–H groups in total. The Morgan fingerprint density at radius 2 is 1.80 bits per heavy atom. The monoisotopic (exact) mass is 325 g/mol. The van der Waals surface area contributed by atoms with Gasteiger partial charge >= 0.3 is 0 Å². The fourth-order valence-electron chi connectivity index (χ4n) is 2.58. The number of piperazine rings is 1. The molecule has 0 aliphatic carbocycles. The topological polar surface area (TPSA) is 69.7 Å². The lowest BCUT2D eigenvalue weighted by molar-refractivity contribution is -0.134. The van der Waals surface area contributed by atoms with Crippen LogP contribution in [0.3, 0.4) is 0 Å². The first-order valence-electron chi connectivity index (χ1n) is 6.94. The van der Waals surface area contributed by atoms with Gasteiger partial charge in [0.25, 0.3) is 0 Å². The summed E-state index contributed by atoms with van der Waals surface area (Å²) >= 11 is 0. The predicted octanol–water partition coefficient (Wildman–Crippen LogP) is 0.0426.